The number of nitrogens with zero attached hydrogens (tertiary/aromatic N) is 1. The van der Waals surface area contributed by atoms with Gasteiger partial charge in [-0.25, -0.2) is 4.79 Å². The molecule has 2 rings (SSSR count). The molecular formula is C15H22N2O2. The lowest BCUT2D eigenvalue weighted by Gasteiger charge is -2.30. The third kappa shape index (κ3) is 3.40. The minimum atomic E-state index is -0.269. The third-order valence-corrected chi connectivity index (χ3v) is 3.37. The summed E-state index contributed by atoms with van der Waals surface area (Å²) in [5.74, 6) is -0.269. The molecule has 0 aromatic heterocycles. The van der Waals surface area contributed by atoms with Gasteiger partial charge in [-0.1, -0.05) is 6.92 Å². The molecule has 1 aliphatic heterocycles. The molecule has 0 bridgehead atoms. The predicted octanol–water partition coefficient (Wildman–Crippen LogP) is 2.83. The molecule has 0 saturated carbocycles. The van der Waals surface area contributed by atoms with E-state index in [1.54, 1.807) is 6.07 Å². The van der Waals surface area contributed by atoms with Crippen LogP contribution in [0.4, 0.5) is 11.4 Å². The van der Waals surface area contributed by atoms with Gasteiger partial charge in [-0.05, 0) is 43.9 Å². The van der Waals surface area contributed by atoms with E-state index in [9.17, 15) is 4.79 Å². The zero-order valence-corrected chi connectivity index (χ0v) is 11.5. The van der Waals surface area contributed by atoms with Crippen molar-refractivity contribution in [3.8, 4) is 0 Å². The van der Waals surface area contributed by atoms with Gasteiger partial charge in [-0.2, -0.15) is 0 Å². The van der Waals surface area contributed by atoms with E-state index < -0.39 is 0 Å². The van der Waals surface area contributed by atoms with E-state index >= 15 is 0 Å². The van der Waals surface area contributed by atoms with Crippen LogP contribution in [-0.2, 0) is 4.74 Å². The lowest BCUT2D eigenvalue weighted by molar-refractivity contribution is 0.0506. The minimum absolute atomic E-state index is 0.269. The summed E-state index contributed by atoms with van der Waals surface area (Å²) in [7, 11) is 0. The standard InChI is InChI=1S/C15H22N2O2/c1-2-10-19-15(18)13-11-12(16)6-7-14(13)17-8-4-3-5-9-17/h6-7,11H,2-5,8-10,16H2,1H3. The van der Waals surface area contributed by atoms with Gasteiger partial charge in [0.15, 0.2) is 0 Å². The molecule has 1 fully saturated rings. The van der Waals surface area contributed by atoms with Crippen LogP contribution in [0.5, 0.6) is 0 Å². The Balaban J connectivity index is 2.23. The lowest BCUT2D eigenvalue weighted by atomic mass is 10.1. The first-order valence-electron chi connectivity index (χ1n) is 7.04. The van der Waals surface area contributed by atoms with Gasteiger partial charge in [-0.15, -0.1) is 0 Å². The SMILES string of the molecule is CCCOC(=O)c1cc(N)ccc1N1CCCCC1. The number of nitrogens with two attached hydrogens (primary N) is 1. The quantitative estimate of drug-likeness (QED) is 0.669. The fourth-order valence-corrected chi connectivity index (χ4v) is 2.40. The van der Waals surface area contributed by atoms with Gasteiger partial charge in [0, 0.05) is 18.8 Å². The Hall–Kier alpha value is -1.71. The molecule has 0 amide bonds. The van der Waals surface area contributed by atoms with Gasteiger partial charge >= 0.3 is 5.97 Å². The van der Waals surface area contributed by atoms with Crippen molar-refractivity contribution >= 4 is 17.3 Å². The van der Waals surface area contributed by atoms with E-state index in [1.165, 1.54) is 19.3 Å². The van der Waals surface area contributed by atoms with Crippen LogP contribution in [-0.4, -0.2) is 25.7 Å². The Morgan fingerprint density at radius 3 is 2.74 bits per heavy atom. The van der Waals surface area contributed by atoms with E-state index in [1.807, 2.05) is 19.1 Å². The number of hydrogen-bond donors (Lipinski definition) is 1. The van der Waals surface area contributed by atoms with Crippen molar-refractivity contribution in [2.75, 3.05) is 30.3 Å². The summed E-state index contributed by atoms with van der Waals surface area (Å²) >= 11 is 0. The number of ether oxygens (including phenoxy) is 1. The normalized spacial score (nSPS) is 15.3. The van der Waals surface area contributed by atoms with Crippen molar-refractivity contribution in [1.82, 2.24) is 0 Å². The van der Waals surface area contributed by atoms with Crippen molar-refractivity contribution in [3.05, 3.63) is 23.8 Å². The number of carbonyl (C=O) groups excluding carboxylic acids is 1. The fraction of sp³-hybridized carbons (Fsp3) is 0.533. The summed E-state index contributed by atoms with van der Waals surface area (Å²) in [6.45, 7) is 4.43. The molecule has 0 atom stereocenters. The van der Waals surface area contributed by atoms with E-state index in [4.69, 9.17) is 10.5 Å². The molecule has 19 heavy (non-hydrogen) atoms. The molecule has 1 aliphatic rings. The van der Waals surface area contributed by atoms with E-state index in [0.29, 0.717) is 17.9 Å². The Labute approximate surface area is 114 Å². The maximum absolute atomic E-state index is 12.1. The fourth-order valence-electron chi connectivity index (χ4n) is 2.40. The molecule has 1 saturated heterocycles. The molecule has 1 aromatic carbocycles. The topological polar surface area (TPSA) is 55.6 Å². The van der Waals surface area contributed by atoms with Crippen molar-refractivity contribution in [2.45, 2.75) is 32.6 Å². The zero-order valence-electron chi connectivity index (χ0n) is 11.5. The number of hydrogen-bond acceptors (Lipinski definition) is 4. The second-order valence-corrected chi connectivity index (χ2v) is 4.96. The molecular weight excluding hydrogens is 240 g/mol. The predicted molar refractivity (Wildman–Crippen MR) is 77.5 cm³/mol. The van der Waals surface area contributed by atoms with Crippen molar-refractivity contribution in [3.63, 3.8) is 0 Å². The molecule has 0 unspecified atom stereocenters. The molecule has 104 valence electrons. The second-order valence-electron chi connectivity index (χ2n) is 4.96. The number of esters is 1. The maximum Gasteiger partial charge on any atom is 0.340 e. The second kappa shape index (κ2) is 6.45. The van der Waals surface area contributed by atoms with Crippen molar-refractivity contribution < 1.29 is 9.53 Å². The van der Waals surface area contributed by atoms with Crippen LogP contribution in [0.2, 0.25) is 0 Å². The molecule has 4 heteroatoms. The number of rotatable bonds is 4. The van der Waals surface area contributed by atoms with E-state index in [2.05, 4.69) is 4.90 Å². The molecule has 2 N–H and O–H groups in total. The number of piperidine rings is 1. The van der Waals surface area contributed by atoms with Crippen LogP contribution >= 0.6 is 0 Å². The van der Waals surface area contributed by atoms with Crippen LogP contribution in [0, 0.1) is 0 Å². The monoisotopic (exact) mass is 262 g/mol. The molecule has 0 radical (unpaired) electrons. The van der Waals surface area contributed by atoms with Gasteiger partial charge in [0.1, 0.15) is 0 Å². The highest BCUT2D eigenvalue weighted by Crippen LogP contribution is 2.26. The van der Waals surface area contributed by atoms with Crippen LogP contribution < -0.4 is 10.6 Å². The Bertz CT molecular complexity index is 440. The minimum Gasteiger partial charge on any atom is -0.462 e. The number of anilines is 2. The van der Waals surface area contributed by atoms with Crippen LogP contribution in [0.15, 0.2) is 18.2 Å². The first kappa shape index (κ1) is 13.7. The molecule has 1 heterocycles. The summed E-state index contributed by atoms with van der Waals surface area (Å²) in [5.41, 5.74) is 7.94. The van der Waals surface area contributed by atoms with Gasteiger partial charge in [0.2, 0.25) is 0 Å². The lowest BCUT2D eigenvalue weighted by Crippen LogP contribution is -2.31. The summed E-state index contributed by atoms with van der Waals surface area (Å²) < 4.78 is 5.24. The average molecular weight is 262 g/mol. The molecule has 0 spiro atoms. The highest BCUT2D eigenvalue weighted by atomic mass is 16.5. The molecule has 1 aromatic rings. The van der Waals surface area contributed by atoms with Crippen LogP contribution in [0.25, 0.3) is 0 Å². The Kier molecular flexibility index (Phi) is 4.66. The van der Waals surface area contributed by atoms with Crippen molar-refractivity contribution in [2.24, 2.45) is 0 Å². The van der Waals surface area contributed by atoms with E-state index in [-0.39, 0.29) is 5.97 Å². The number of carbonyl (C=O) groups is 1. The molecule has 0 aliphatic carbocycles. The van der Waals surface area contributed by atoms with Crippen molar-refractivity contribution in [1.29, 1.82) is 0 Å². The first-order valence-corrected chi connectivity index (χ1v) is 7.04. The summed E-state index contributed by atoms with van der Waals surface area (Å²) in [6, 6.07) is 5.51. The smallest absolute Gasteiger partial charge is 0.340 e. The highest BCUT2D eigenvalue weighted by molar-refractivity contribution is 5.97. The Morgan fingerprint density at radius 1 is 1.32 bits per heavy atom. The van der Waals surface area contributed by atoms with Crippen LogP contribution in [0.1, 0.15) is 43.0 Å². The first-order chi connectivity index (χ1) is 9.22. The maximum atomic E-state index is 12.1. The zero-order chi connectivity index (χ0) is 13.7. The average Bonchev–Trinajstić information content (AvgIpc) is 2.45. The summed E-state index contributed by atoms with van der Waals surface area (Å²) in [5, 5.41) is 0. The van der Waals surface area contributed by atoms with Gasteiger partial charge in [-0.3, -0.25) is 0 Å². The molecule has 4 nitrogen and oxygen atoms in total. The summed E-state index contributed by atoms with van der Waals surface area (Å²) in [4.78, 5) is 14.4. The summed E-state index contributed by atoms with van der Waals surface area (Å²) in [6.07, 6.45) is 4.44. The van der Waals surface area contributed by atoms with Gasteiger partial charge < -0.3 is 15.4 Å². The number of nitrogen functional groups attached to an aromatic ring is 1. The highest BCUT2D eigenvalue weighted by Gasteiger charge is 2.19. The largest absolute Gasteiger partial charge is 0.462 e. The number of benzene rings is 1. The van der Waals surface area contributed by atoms with Gasteiger partial charge in [0.05, 0.1) is 17.9 Å². The third-order valence-electron chi connectivity index (χ3n) is 3.37. The van der Waals surface area contributed by atoms with E-state index in [0.717, 1.165) is 25.2 Å². The van der Waals surface area contributed by atoms with Gasteiger partial charge in [0.25, 0.3) is 0 Å². The van der Waals surface area contributed by atoms with Crippen LogP contribution in [0.3, 0.4) is 0 Å². The Morgan fingerprint density at radius 2 is 2.05 bits per heavy atom.